The Morgan fingerprint density at radius 2 is 1.95 bits per heavy atom. The molecular weight excluding hydrogens is 296 g/mol. The number of halogens is 1. The van der Waals surface area contributed by atoms with Crippen LogP contribution in [0.3, 0.4) is 0 Å². The number of aromatic nitrogens is 2. The molecule has 0 amide bonds. The number of anilines is 1. The minimum Gasteiger partial charge on any atom is -0.356 e. The first-order valence-corrected chi connectivity index (χ1v) is 8.62. The minimum atomic E-state index is 0.310. The normalized spacial score (nSPS) is 12.0. The van der Waals surface area contributed by atoms with Gasteiger partial charge in [-0.15, -0.1) is 0 Å². The van der Waals surface area contributed by atoms with Crippen molar-refractivity contribution in [2.24, 2.45) is 5.92 Å². The maximum atomic E-state index is 8.90. The van der Waals surface area contributed by atoms with Gasteiger partial charge in [-0.05, 0) is 36.8 Å². The van der Waals surface area contributed by atoms with Gasteiger partial charge in [-0.2, -0.15) is 5.26 Å². The molecule has 0 saturated carbocycles. The van der Waals surface area contributed by atoms with Crippen LogP contribution in [0.4, 0.5) is 5.82 Å². The Bertz CT molecular complexity index is 510. The highest BCUT2D eigenvalue weighted by molar-refractivity contribution is 6.28. The molecule has 22 heavy (non-hydrogen) atoms. The molecule has 1 rings (SSSR count). The fraction of sp³-hybridized carbons (Fsp3) is 0.706. The zero-order chi connectivity index (χ0) is 16.5. The third-order valence-corrected chi connectivity index (χ3v) is 3.81. The van der Waals surface area contributed by atoms with Gasteiger partial charge in [0.2, 0.25) is 5.28 Å². The quantitative estimate of drug-likeness (QED) is 0.632. The zero-order valence-corrected chi connectivity index (χ0v) is 14.9. The first kappa shape index (κ1) is 18.7. The first-order valence-electron chi connectivity index (χ1n) is 8.24. The first-order chi connectivity index (χ1) is 10.6. The van der Waals surface area contributed by atoms with Gasteiger partial charge in [0.1, 0.15) is 5.82 Å². The Hall–Kier alpha value is -1.34. The third kappa shape index (κ3) is 5.14. The van der Waals surface area contributed by atoms with E-state index in [1.54, 1.807) is 0 Å². The summed E-state index contributed by atoms with van der Waals surface area (Å²) >= 11 is 6.14. The summed E-state index contributed by atoms with van der Waals surface area (Å²) in [5, 5.41) is 9.22. The molecule has 1 aromatic heterocycles. The lowest BCUT2D eigenvalue weighted by molar-refractivity contribution is 0.563. The lowest BCUT2D eigenvalue weighted by Gasteiger charge is -2.28. The topological polar surface area (TPSA) is 52.8 Å². The molecule has 122 valence electrons. The van der Waals surface area contributed by atoms with Gasteiger partial charge in [0.25, 0.3) is 0 Å². The van der Waals surface area contributed by atoms with E-state index < -0.39 is 0 Å². The molecule has 1 heterocycles. The van der Waals surface area contributed by atoms with Crippen molar-refractivity contribution in [3.8, 4) is 6.07 Å². The number of hydrogen-bond donors (Lipinski definition) is 0. The van der Waals surface area contributed by atoms with Crippen molar-refractivity contribution >= 4 is 17.4 Å². The predicted octanol–water partition coefficient (Wildman–Crippen LogP) is 4.41. The molecule has 0 unspecified atom stereocenters. The Morgan fingerprint density at radius 1 is 1.23 bits per heavy atom. The molecule has 5 heteroatoms. The Labute approximate surface area is 139 Å². The summed E-state index contributed by atoms with van der Waals surface area (Å²) in [5.41, 5.74) is 2.26. The van der Waals surface area contributed by atoms with Crippen LogP contribution in [0.1, 0.15) is 58.2 Å². The van der Waals surface area contributed by atoms with E-state index in [1.165, 1.54) is 5.56 Å². The van der Waals surface area contributed by atoms with Gasteiger partial charge in [0, 0.05) is 25.1 Å². The Balaban J connectivity index is 3.21. The second-order valence-electron chi connectivity index (χ2n) is 5.76. The number of aryl methyl sites for hydroxylation is 1. The van der Waals surface area contributed by atoms with Crippen LogP contribution in [0.5, 0.6) is 0 Å². The smallest absolute Gasteiger partial charge is 0.224 e. The summed E-state index contributed by atoms with van der Waals surface area (Å²) in [5.74, 6) is 1.27. The Morgan fingerprint density at radius 3 is 2.50 bits per heavy atom. The molecule has 1 atom stereocenters. The highest BCUT2D eigenvalue weighted by atomic mass is 35.5. The predicted molar refractivity (Wildman–Crippen MR) is 92.3 cm³/mol. The van der Waals surface area contributed by atoms with Crippen LogP contribution >= 0.6 is 11.6 Å². The maximum Gasteiger partial charge on any atom is 0.224 e. The van der Waals surface area contributed by atoms with Crippen LogP contribution in [0, 0.1) is 17.2 Å². The van der Waals surface area contributed by atoms with Crippen molar-refractivity contribution in [2.45, 2.75) is 59.8 Å². The summed E-state index contributed by atoms with van der Waals surface area (Å²) in [4.78, 5) is 11.2. The van der Waals surface area contributed by atoms with Crippen LogP contribution in [-0.4, -0.2) is 23.1 Å². The number of nitrogens with zero attached hydrogens (tertiary/aromatic N) is 4. The molecule has 0 aromatic carbocycles. The summed E-state index contributed by atoms with van der Waals surface area (Å²) in [6.07, 6.45) is 4.47. The molecule has 0 N–H and O–H groups in total. The summed E-state index contributed by atoms with van der Waals surface area (Å²) in [6.45, 7) is 10.3. The van der Waals surface area contributed by atoms with E-state index in [-0.39, 0.29) is 0 Å². The van der Waals surface area contributed by atoms with E-state index in [1.807, 2.05) is 0 Å². The summed E-state index contributed by atoms with van der Waals surface area (Å²) in [6, 6.07) is 2.25. The van der Waals surface area contributed by atoms with Gasteiger partial charge in [0.15, 0.2) is 0 Å². The largest absolute Gasteiger partial charge is 0.356 e. The average molecular weight is 323 g/mol. The molecule has 0 aliphatic rings. The van der Waals surface area contributed by atoms with E-state index in [2.05, 4.69) is 48.6 Å². The molecule has 4 nitrogen and oxygen atoms in total. The lowest BCUT2D eigenvalue weighted by atomic mass is 10.0. The summed E-state index contributed by atoms with van der Waals surface area (Å²) < 4.78 is 0. The van der Waals surface area contributed by atoms with Gasteiger partial charge < -0.3 is 4.90 Å². The molecule has 0 spiro atoms. The van der Waals surface area contributed by atoms with E-state index in [0.717, 1.165) is 50.3 Å². The number of rotatable bonds is 9. The van der Waals surface area contributed by atoms with Gasteiger partial charge in [-0.1, -0.05) is 34.1 Å². The molecule has 0 bridgehead atoms. The SMILES string of the molecule is CCCc1c(CC)nc(Cl)nc1N(CCC)C[C@@H](C)CC#N. The molecule has 0 aliphatic heterocycles. The zero-order valence-electron chi connectivity index (χ0n) is 14.2. The number of hydrogen-bond acceptors (Lipinski definition) is 4. The van der Waals surface area contributed by atoms with Crippen molar-refractivity contribution in [3.63, 3.8) is 0 Å². The van der Waals surface area contributed by atoms with Crippen LogP contribution in [0.25, 0.3) is 0 Å². The molecule has 1 aromatic rings. The lowest BCUT2D eigenvalue weighted by Crippen LogP contribution is -2.31. The van der Waals surface area contributed by atoms with Crippen LogP contribution in [0.2, 0.25) is 5.28 Å². The van der Waals surface area contributed by atoms with Crippen molar-refractivity contribution in [1.82, 2.24) is 9.97 Å². The highest BCUT2D eigenvalue weighted by Crippen LogP contribution is 2.26. The Kier molecular flexibility index (Phi) is 8.19. The minimum absolute atomic E-state index is 0.310. The molecule has 0 radical (unpaired) electrons. The van der Waals surface area contributed by atoms with E-state index in [4.69, 9.17) is 16.9 Å². The molecule has 0 fully saturated rings. The highest BCUT2D eigenvalue weighted by Gasteiger charge is 2.19. The van der Waals surface area contributed by atoms with Crippen molar-refractivity contribution in [3.05, 3.63) is 16.5 Å². The fourth-order valence-electron chi connectivity index (χ4n) is 2.70. The van der Waals surface area contributed by atoms with E-state index in [9.17, 15) is 0 Å². The van der Waals surface area contributed by atoms with Crippen molar-refractivity contribution in [1.29, 1.82) is 5.26 Å². The second kappa shape index (κ2) is 9.63. The van der Waals surface area contributed by atoms with Crippen LogP contribution < -0.4 is 4.90 Å². The van der Waals surface area contributed by atoms with E-state index >= 15 is 0 Å². The van der Waals surface area contributed by atoms with Gasteiger partial charge in [-0.3, -0.25) is 0 Å². The molecule has 0 saturated heterocycles. The monoisotopic (exact) mass is 322 g/mol. The fourth-order valence-corrected chi connectivity index (χ4v) is 2.88. The van der Waals surface area contributed by atoms with Crippen molar-refractivity contribution < 1.29 is 0 Å². The number of nitriles is 1. The molecule has 0 aliphatic carbocycles. The van der Waals surface area contributed by atoms with Gasteiger partial charge in [-0.25, -0.2) is 9.97 Å². The van der Waals surface area contributed by atoms with Crippen molar-refractivity contribution in [2.75, 3.05) is 18.0 Å². The second-order valence-corrected chi connectivity index (χ2v) is 6.10. The van der Waals surface area contributed by atoms with Crippen LogP contribution in [0.15, 0.2) is 0 Å². The van der Waals surface area contributed by atoms with Crippen LogP contribution in [-0.2, 0) is 12.8 Å². The average Bonchev–Trinajstić information content (AvgIpc) is 2.48. The summed E-state index contributed by atoms with van der Waals surface area (Å²) in [7, 11) is 0. The maximum absolute atomic E-state index is 8.90. The van der Waals surface area contributed by atoms with Gasteiger partial charge in [0.05, 0.1) is 11.8 Å². The van der Waals surface area contributed by atoms with E-state index in [0.29, 0.717) is 17.6 Å². The van der Waals surface area contributed by atoms with Gasteiger partial charge >= 0.3 is 0 Å². The standard InChI is InChI=1S/C17H27ClN4/c1-5-8-14-15(7-3)20-17(18)21-16(14)22(11-6-2)12-13(4)9-10-19/h13H,5-9,11-12H2,1-4H3/t13-/m0/s1. The molecular formula is C17H27ClN4. The third-order valence-electron chi connectivity index (χ3n) is 3.64.